The number of hydrogen-bond donors (Lipinski definition) is 0. The highest BCUT2D eigenvalue weighted by Gasteiger charge is 2.24. The first-order valence-electron chi connectivity index (χ1n) is 16.3. The van der Waals surface area contributed by atoms with Crippen LogP contribution in [0, 0.1) is 17.9 Å². The molecule has 0 aliphatic carbocycles. The van der Waals surface area contributed by atoms with Crippen molar-refractivity contribution >= 4 is 16.6 Å². The highest BCUT2D eigenvalue weighted by atomic mass is 14.8. The van der Waals surface area contributed by atoms with Crippen LogP contribution in [0.1, 0.15) is 5.69 Å². The Labute approximate surface area is 291 Å². The summed E-state index contributed by atoms with van der Waals surface area (Å²) in [6.07, 6.45) is 3.39. The number of aromatic nitrogens is 2. The van der Waals surface area contributed by atoms with Crippen LogP contribution in [-0.4, -0.2) is 9.97 Å². The molecular formula is C46H28N4. The van der Waals surface area contributed by atoms with Gasteiger partial charge in [0.15, 0.2) is 0 Å². The summed E-state index contributed by atoms with van der Waals surface area (Å²) >= 11 is 0. The number of rotatable bonds is 6. The Balaban J connectivity index is 1.49. The van der Waals surface area contributed by atoms with Crippen LogP contribution in [0.25, 0.3) is 82.4 Å². The van der Waals surface area contributed by atoms with E-state index in [1.54, 1.807) is 12.4 Å². The molecule has 4 nitrogen and oxygen atoms in total. The highest BCUT2D eigenvalue weighted by molar-refractivity contribution is 6.18. The Morgan fingerprint density at radius 2 is 0.860 bits per heavy atom. The fourth-order valence-corrected chi connectivity index (χ4v) is 6.86. The van der Waals surface area contributed by atoms with Gasteiger partial charge in [0.05, 0.1) is 0 Å². The first-order valence-corrected chi connectivity index (χ1v) is 16.3. The van der Waals surface area contributed by atoms with Gasteiger partial charge in [-0.25, -0.2) is 4.98 Å². The lowest BCUT2D eigenvalue weighted by Crippen LogP contribution is -1.98. The number of fused-ring (bicyclic) bond motifs is 1. The highest BCUT2D eigenvalue weighted by Crippen LogP contribution is 2.51. The summed E-state index contributed by atoms with van der Waals surface area (Å²) in [6, 6.07) is 56.8. The molecule has 0 unspecified atom stereocenters. The van der Waals surface area contributed by atoms with Crippen molar-refractivity contribution in [2.24, 2.45) is 0 Å². The fourth-order valence-electron chi connectivity index (χ4n) is 6.86. The van der Waals surface area contributed by atoms with Gasteiger partial charge < -0.3 is 4.85 Å². The standard InChI is InChI=1S/C46H28N4/c1-48-42-29-36(23-25-50-42)34-17-11-19-38(27-34)44-41-21-9-8-20-40(41)43(37-18-10-16-33(26-37)35-22-24-49-39(28-35)30-47)45(31-12-4-2-5-13-31)46(44)32-14-6-3-7-15-32/h2-29H. The molecular weight excluding hydrogens is 609 g/mol. The van der Waals surface area contributed by atoms with Crippen LogP contribution in [0.5, 0.6) is 0 Å². The third-order valence-corrected chi connectivity index (χ3v) is 9.04. The van der Waals surface area contributed by atoms with Gasteiger partial charge in [-0.1, -0.05) is 128 Å². The summed E-state index contributed by atoms with van der Waals surface area (Å²) in [6.45, 7) is 7.52. The predicted octanol–water partition coefficient (Wildman–Crippen LogP) is 12.1. The zero-order valence-corrected chi connectivity index (χ0v) is 27.0. The average Bonchev–Trinajstić information content (AvgIpc) is 3.20. The van der Waals surface area contributed by atoms with Gasteiger partial charge in [-0.2, -0.15) is 5.26 Å². The molecule has 4 heteroatoms. The van der Waals surface area contributed by atoms with Gasteiger partial charge in [-0.3, -0.25) is 0 Å². The maximum Gasteiger partial charge on any atom is 0.270 e. The monoisotopic (exact) mass is 636 g/mol. The number of benzene rings is 6. The predicted molar refractivity (Wildman–Crippen MR) is 203 cm³/mol. The average molecular weight is 637 g/mol. The smallest absolute Gasteiger partial charge is 0.270 e. The molecule has 50 heavy (non-hydrogen) atoms. The van der Waals surface area contributed by atoms with Gasteiger partial charge in [-0.15, -0.1) is 4.98 Å². The van der Waals surface area contributed by atoms with E-state index in [4.69, 9.17) is 6.57 Å². The second-order valence-corrected chi connectivity index (χ2v) is 12.0. The van der Waals surface area contributed by atoms with Crippen LogP contribution in [0.2, 0.25) is 0 Å². The van der Waals surface area contributed by atoms with Crippen LogP contribution in [0.3, 0.4) is 0 Å². The second kappa shape index (κ2) is 13.2. The molecule has 0 saturated heterocycles. The van der Waals surface area contributed by atoms with E-state index in [1.807, 2.05) is 24.3 Å². The Kier molecular flexibility index (Phi) is 7.95. The molecule has 2 aromatic heterocycles. The molecule has 0 spiro atoms. The van der Waals surface area contributed by atoms with Crippen LogP contribution in [-0.2, 0) is 0 Å². The summed E-state index contributed by atoms with van der Waals surface area (Å²) in [4.78, 5) is 12.0. The van der Waals surface area contributed by atoms with Crippen molar-refractivity contribution < 1.29 is 0 Å². The zero-order valence-electron chi connectivity index (χ0n) is 27.0. The minimum absolute atomic E-state index is 0.372. The summed E-state index contributed by atoms with van der Waals surface area (Å²) in [7, 11) is 0. The van der Waals surface area contributed by atoms with E-state index in [2.05, 4.69) is 154 Å². The maximum atomic E-state index is 9.56. The van der Waals surface area contributed by atoms with Crippen LogP contribution >= 0.6 is 0 Å². The molecule has 2 heterocycles. The van der Waals surface area contributed by atoms with E-state index in [1.165, 1.54) is 0 Å². The van der Waals surface area contributed by atoms with Crippen LogP contribution in [0.4, 0.5) is 5.82 Å². The Hall–Kier alpha value is -7.14. The number of nitriles is 1. The van der Waals surface area contributed by atoms with Gasteiger partial charge in [0.1, 0.15) is 18.0 Å². The van der Waals surface area contributed by atoms with Crippen molar-refractivity contribution in [1.82, 2.24) is 9.97 Å². The minimum atomic E-state index is 0.372. The van der Waals surface area contributed by atoms with Crippen molar-refractivity contribution in [3.63, 3.8) is 0 Å². The van der Waals surface area contributed by atoms with Gasteiger partial charge in [0, 0.05) is 6.20 Å². The third kappa shape index (κ3) is 5.58. The van der Waals surface area contributed by atoms with E-state index < -0.39 is 0 Å². The van der Waals surface area contributed by atoms with Gasteiger partial charge in [-0.05, 0) is 114 Å². The minimum Gasteiger partial charge on any atom is -0.361 e. The molecule has 0 saturated carbocycles. The summed E-state index contributed by atoms with van der Waals surface area (Å²) in [5.41, 5.74) is 13.2. The van der Waals surface area contributed by atoms with Crippen molar-refractivity contribution in [3.8, 4) is 72.8 Å². The largest absolute Gasteiger partial charge is 0.361 e. The first kappa shape index (κ1) is 30.2. The summed E-state index contributed by atoms with van der Waals surface area (Å²) < 4.78 is 0. The molecule has 8 rings (SSSR count). The van der Waals surface area contributed by atoms with Gasteiger partial charge >= 0.3 is 0 Å². The first-order chi connectivity index (χ1) is 24.7. The molecule has 232 valence electrons. The van der Waals surface area contributed by atoms with Crippen molar-refractivity contribution in [2.45, 2.75) is 0 Å². The molecule has 0 N–H and O–H groups in total. The Bertz CT molecular complexity index is 2430. The fraction of sp³-hybridized carbons (Fsp3) is 0. The lowest BCUT2D eigenvalue weighted by atomic mass is 9.78. The van der Waals surface area contributed by atoms with E-state index in [-0.39, 0.29) is 0 Å². The lowest BCUT2D eigenvalue weighted by Gasteiger charge is -2.24. The van der Waals surface area contributed by atoms with Gasteiger partial charge in [0.25, 0.3) is 5.82 Å². The van der Waals surface area contributed by atoms with E-state index >= 15 is 0 Å². The van der Waals surface area contributed by atoms with Crippen molar-refractivity contribution in [1.29, 1.82) is 5.26 Å². The second-order valence-electron chi connectivity index (χ2n) is 12.0. The van der Waals surface area contributed by atoms with Crippen LogP contribution < -0.4 is 0 Å². The SMILES string of the molecule is [C-]#[N+]c1cc(-c2cccc(-c3c(-c4ccccc4)c(-c4ccccc4)c(-c4cccc(-c5ccnc(C#N)c5)c4)c4ccccc34)c2)ccn1. The normalized spacial score (nSPS) is 10.8. The Morgan fingerprint density at radius 3 is 1.38 bits per heavy atom. The Morgan fingerprint density at radius 1 is 0.420 bits per heavy atom. The van der Waals surface area contributed by atoms with Crippen molar-refractivity contribution in [3.05, 3.63) is 187 Å². The molecule has 6 aromatic carbocycles. The van der Waals surface area contributed by atoms with E-state index in [0.29, 0.717) is 11.5 Å². The maximum absolute atomic E-state index is 9.56. The third-order valence-electron chi connectivity index (χ3n) is 9.04. The molecule has 0 amide bonds. The molecule has 0 fully saturated rings. The summed E-state index contributed by atoms with van der Waals surface area (Å²) in [5, 5.41) is 11.8. The van der Waals surface area contributed by atoms with Gasteiger partial charge in [0.2, 0.25) is 0 Å². The van der Waals surface area contributed by atoms with E-state index in [0.717, 1.165) is 77.5 Å². The lowest BCUT2D eigenvalue weighted by molar-refractivity contribution is 1.26. The number of nitrogens with zero attached hydrogens (tertiary/aromatic N) is 4. The van der Waals surface area contributed by atoms with Crippen molar-refractivity contribution in [2.75, 3.05) is 0 Å². The summed E-state index contributed by atoms with van der Waals surface area (Å²) in [5.74, 6) is 0.372. The quantitative estimate of drug-likeness (QED) is 0.171. The zero-order chi connectivity index (χ0) is 33.9. The topological polar surface area (TPSA) is 53.9 Å². The molecule has 0 aliphatic heterocycles. The number of hydrogen-bond acceptors (Lipinski definition) is 3. The van der Waals surface area contributed by atoms with E-state index in [9.17, 15) is 5.26 Å². The number of pyridine rings is 2. The molecule has 0 atom stereocenters. The molecule has 8 aromatic rings. The molecule has 0 aliphatic rings. The molecule has 0 bridgehead atoms. The molecule has 0 radical (unpaired) electrons. The van der Waals surface area contributed by atoms with Crippen LogP contribution in [0.15, 0.2) is 170 Å².